The second-order valence-corrected chi connectivity index (χ2v) is 7.10. The average Bonchev–Trinajstić information content (AvgIpc) is 3.23. The summed E-state index contributed by atoms with van der Waals surface area (Å²) in [6, 6.07) is 18.9. The van der Waals surface area contributed by atoms with Crippen LogP contribution in [0.2, 0.25) is 0 Å². The first-order valence-corrected chi connectivity index (χ1v) is 9.97. The number of amides is 2. The number of benzene rings is 2. The number of hydrogen-bond donors (Lipinski definition) is 1. The standard InChI is InChI=1S/C23H20N4O5/c1-15-14-19(26-32-15)24-22(29)21(16-8-4-2-5-9-16)31-23(30)18-12-13-20(28)27(25-18)17-10-6-3-7-11-17/h2-11,14,21H,12-13H2,1H3,(H,24,26,29). The number of carbonyl (C=O) groups is 3. The maximum atomic E-state index is 12.9. The first kappa shape index (κ1) is 21.0. The van der Waals surface area contributed by atoms with Gasteiger partial charge in [0.1, 0.15) is 11.5 Å². The Labute approximate surface area is 183 Å². The summed E-state index contributed by atoms with van der Waals surface area (Å²) in [5, 5.41) is 11.7. The topological polar surface area (TPSA) is 114 Å². The lowest BCUT2D eigenvalue weighted by atomic mass is 10.1. The van der Waals surface area contributed by atoms with Crippen LogP contribution in [0.5, 0.6) is 0 Å². The average molecular weight is 432 g/mol. The molecule has 0 aliphatic carbocycles. The van der Waals surface area contributed by atoms with E-state index in [0.717, 1.165) is 0 Å². The van der Waals surface area contributed by atoms with Gasteiger partial charge in [0.2, 0.25) is 12.0 Å². The Hall–Kier alpha value is -4.27. The summed E-state index contributed by atoms with van der Waals surface area (Å²) >= 11 is 0. The van der Waals surface area contributed by atoms with E-state index in [-0.39, 0.29) is 30.3 Å². The zero-order valence-corrected chi connectivity index (χ0v) is 17.2. The molecule has 1 N–H and O–H groups in total. The summed E-state index contributed by atoms with van der Waals surface area (Å²) < 4.78 is 10.5. The van der Waals surface area contributed by atoms with E-state index in [1.165, 1.54) is 5.01 Å². The molecule has 1 aromatic heterocycles. The van der Waals surface area contributed by atoms with Gasteiger partial charge in [0.15, 0.2) is 5.82 Å². The molecule has 1 aliphatic rings. The monoisotopic (exact) mass is 432 g/mol. The smallest absolute Gasteiger partial charge is 0.355 e. The number of para-hydroxylation sites is 1. The zero-order valence-electron chi connectivity index (χ0n) is 17.2. The highest BCUT2D eigenvalue weighted by molar-refractivity contribution is 6.38. The first-order chi connectivity index (χ1) is 15.5. The van der Waals surface area contributed by atoms with E-state index in [1.807, 2.05) is 6.07 Å². The van der Waals surface area contributed by atoms with Crippen molar-refractivity contribution in [3.05, 3.63) is 78.1 Å². The van der Waals surface area contributed by atoms with Crippen LogP contribution in [-0.2, 0) is 19.1 Å². The summed E-state index contributed by atoms with van der Waals surface area (Å²) in [4.78, 5) is 38.1. The van der Waals surface area contributed by atoms with Crippen molar-refractivity contribution in [1.29, 1.82) is 0 Å². The molecule has 4 rings (SSSR count). The van der Waals surface area contributed by atoms with Gasteiger partial charge < -0.3 is 14.6 Å². The van der Waals surface area contributed by atoms with Gasteiger partial charge in [-0.05, 0) is 19.1 Å². The second-order valence-electron chi connectivity index (χ2n) is 7.10. The molecule has 2 aromatic carbocycles. The highest BCUT2D eigenvalue weighted by atomic mass is 16.5. The van der Waals surface area contributed by atoms with Crippen molar-refractivity contribution in [2.75, 3.05) is 10.3 Å². The van der Waals surface area contributed by atoms with Gasteiger partial charge in [-0.1, -0.05) is 53.7 Å². The number of nitrogens with one attached hydrogen (secondary N) is 1. The molecule has 1 unspecified atom stereocenters. The predicted octanol–water partition coefficient (Wildman–Crippen LogP) is 3.39. The molecule has 1 aliphatic heterocycles. The van der Waals surface area contributed by atoms with Crippen LogP contribution in [0.25, 0.3) is 0 Å². The maximum absolute atomic E-state index is 12.9. The van der Waals surface area contributed by atoms with E-state index < -0.39 is 18.0 Å². The largest absolute Gasteiger partial charge is 0.443 e. The molecule has 1 atom stereocenters. The Balaban J connectivity index is 1.57. The Bertz CT molecular complexity index is 1160. The molecule has 162 valence electrons. The number of hydrogen-bond acceptors (Lipinski definition) is 7. The third-order valence-corrected chi connectivity index (χ3v) is 4.71. The van der Waals surface area contributed by atoms with Crippen LogP contribution in [0.3, 0.4) is 0 Å². The minimum absolute atomic E-state index is 0.0551. The van der Waals surface area contributed by atoms with Gasteiger partial charge in [-0.3, -0.25) is 9.59 Å². The number of nitrogens with zero attached hydrogens (tertiary/aromatic N) is 3. The van der Waals surface area contributed by atoms with Crippen LogP contribution in [0.15, 0.2) is 76.4 Å². The van der Waals surface area contributed by atoms with Gasteiger partial charge in [0, 0.05) is 24.5 Å². The number of carbonyl (C=O) groups excluding carboxylic acids is 3. The van der Waals surface area contributed by atoms with E-state index in [9.17, 15) is 14.4 Å². The minimum Gasteiger partial charge on any atom is -0.443 e. The summed E-state index contributed by atoms with van der Waals surface area (Å²) in [6.07, 6.45) is -1.03. The van der Waals surface area contributed by atoms with Crippen molar-refractivity contribution in [3.63, 3.8) is 0 Å². The van der Waals surface area contributed by atoms with E-state index in [4.69, 9.17) is 9.26 Å². The maximum Gasteiger partial charge on any atom is 0.355 e. The number of aromatic nitrogens is 1. The molecule has 0 saturated heterocycles. The van der Waals surface area contributed by atoms with Crippen LogP contribution in [-0.4, -0.2) is 28.7 Å². The summed E-state index contributed by atoms with van der Waals surface area (Å²) in [7, 11) is 0. The summed E-state index contributed by atoms with van der Waals surface area (Å²) in [5.41, 5.74) is 1.08. The predicted molar refractivity (Wildman–Crippen MR) is 116 cm³/mol. The Morgan fingerprint density at radius 1 is 1.06 bits per heavy atom. The van der Waals surface area contributed by atoms with Crippen molar-refractivity contribution < 1.29 is 23.6 Å². The van der Waals surface area contributed by atoms with Gasteiger partial charge in [-0.2, -0.15) is 5.10 Å². The SMILES string of the molecule is Cc1cc(NC(=O)C(OC(=O)C2=NN(c3ccccc3)C(=O)CC2)c2ccccc2)no1. The third-order valence-electron chi connectivity index (χ3n) is 4.71. The number of rotatable bonds is 6. The first-order valence-electron chi connectivity index (χ1n) is 9.97. The van der Waals surface area contributed by atoms with Crippen LogP contribution < -0.4 is 10.3 Å². The third kappa shape index (κ3) is 4.72. The van der Waals surface area contributed by atoms with Crippen molar-refractivity contribution in [3.8, 4) is 0 Å². The van der Waals surface area contributed by atoms with Crippen LogP contribution in [0.4, 0.5) is 11.5 Å². The van der Waals surface area contributed by atoms with E-state index in [1.54, 1.807) is 67.6 Å². The second kappa shape index (κ2) is 9.25. The Morgan fingerprint density at radius 3 is 2.41 bits per heavy atom. The van der Waals surface area contributed by atoms with Gasteiger partial charge in [-0.15, -0.1) is 0 Å². The lowest BCUT2D eigenvalue weighted by Crippen LogP contribution is -2.36. The molecule has 0 saturated carbocycles. The lowest BCUT2D eigenvalue weighted by molar-refractivity contribution is -0.148. The van der Waals surface area contributed by atoms with Crippen molar-refractivity contribution >= 4 is 35.0 Å². The number of hydrazone groups is 1. The van der Waals surface area contributed by atoms with Gasteiger partial charge >= 0.3 is 5.97 Å². The summed E-state index contributed by atoms with van der Waals surface area (Å²) in [5.74, 6) is -0.869. The van der Waals surface area contributed by atoms with Gasteiger partial charge in [0.25, 0.3) is 5.91 Å². The Kier molecular flexibility index (Phi) is 6.07. The van der Waals surface area contributed by atoms with Crippen molar-refractivity contribution in [1.82, 2.24) is 5.16 Å². The normalized spacial score (nSPS) is 14.5. The minimum atomic E-state index is -1.24. The Morgan fingerprint density at radius 2 is 1.75 bits per heavy atom. The molecular weight excluding hydrogens is 412 g/mol. The fourth-order valence-electron chi connectivity index (χ4n) is 3.16. The van der Waals surface area contributed by atoms with Gasteiger partial charge in [0.05, 0.1) is 5.69 Å². The molecule has 2 heterocycles. The van der Waals surface area contributed by atoms with Crippen LogP contribution in [0, 0.1) is 6.92 Å². The van der Waals surface area contributed by atoms with Crippen LogP contribution in [0.1, 0.15) is 30.3 Å². The fraction of sp³-hybridized carbons (Fsp3) is 0.174. The quantitative estimate of drug-likeness (QED) is 0.597. The molecule has 32 heavy (non-hydrogen) atoms. The number of aryl methyl sites for hydroxylation is 1. The van der Waals surface area contributed by atoms with E-state index in [0.29, 0.717) is 17.0 Å². The lowest BCUT2D eigenvalue weighted by Gasteiger charge is -2.24. The van der Waals surface area contributed by atoms with E-state index >= 15 is 0 Å². The number of ether oxygens (including phenoxy) is 1. The molecule has 0 spiro atoms. The zero-order chi connectivity index (χ0) is 22.5. The molecule has 0 bridgehead atoms. The van der Waals surface area contributed by atoms with Crippen LogP contribution >= 0.6 is 0 Å². The number of anilines is 2. The molecule has 0 radical (unpaired) electrons. The molecular formula is C23H20N4O5. The number of esters is 1. The fourth-order valence-corrected chi connectivity index (χ4v) is 3.16. The summed E-state index contributed by atoms with van der Waals surface area (Å²) in [6.45, 7) is 1.69. The molecule has 0 fully saturated rings. The molecule has 2 amide bonds. The highest BCUT2D eigenvalue weighted by Gasteiger charge is 2.31. The molecule has 9 heteroatoms. The molecule has 3 aromatic rings. The van der Waals surface area contributed by atoms with E-state index in [2.05, 4.69) is 15.6 Å². The highest BCUT2D eigenvalue weighted by Crippen LogP contribution is 2.23. The van der Waals surface area contributed by atoms with Gasteiger partial charge in [-0.25, -0.2) is 9.80 Å². The van der Waals surface area contributed by atoms with Crippen molar-refractivity contribution in [2.45, 2.75) is 25.9 Å². The molecule has 9 nitrogen and oxygen atoms in total. The van der Waals surface area contributed by atoms with Crippen molar-refractivity contribution in [2.24, 2.45) is 5.10 Å².